The molecule has 1 aromatic rings. The molecule has 0 unspecified atom stereocenters. The third-order valence-corrected chi connectivity index (χ3v) is 1.85. The van der Waals surface area contributed by atoms with Gasteiger partial charge in [0.25, 0.3) is 0 Å². The molecule has 0 aliphatic rings. The van der Waals surface area contributed by atoms with Crippen molar-refractivity contribution in [1.29, 1.82) is 0 Å². The Kier molecular flexibility index (Phi) is 4.09. The number of hydrogen-bond donors (Lipinski definition) is 2. The van der Waals surface area contributed by atoms with Crippen LogP contribution in [0.4, 0.5) is 17.8 Å². The summed E-state index contributed by atoms with van der Waals surface area (Å²) >= 11 is 0. The van der Waals surface area contributed by atoms with Crippen LogP contribution in [0.25, 0.3) is 0 Å². The van der Waals surface area contributed by atoms with Crippen LogP contribution in [-0.4, -0.2) is 41.1 Å². The van der Waals surface area contributed by atoms with Crippen molar-refractivity contribution in [2.75, 3.05) is 36.2 Å². The molecule has 6 nitrogen and oxygen atoms in total. The summed E-state index contributed by atoms with van der Waals surface area (Å²) in [4.78, 5) is 14.8. The van der Waals surface area contributed by atoms with Crippen LogP contribution in [0, 0.1) is 0 Å². The molecule has 0 saturated heterocycles. The van der Waals surface area contributed by atoms with Crippen LogP contribution >= 0.6 is 0 Å². The van der Waals surface area contributed by atoms with Crippen molar-refractivity contribution < 1.29 is 0 Å². The Balaban J connectivity index is 3.03. The van der Waals surface area contributed by atoms with Crippen molar-refractivity contribution in [1.82, 2.24) is 15.0 Å². The Morgan fingerprint density at radius 2 is 1.65 bits per heavy atom. The van der Waals surface area contributed by atoms with Gasteiger partial charge in [-0.25, -0.2) is 0 Å². The lowest BCUT2D eigenvalue weighted by Crippen LogP contribution is -2.28. The normalized spacial score (nSPS) is 11.2. The van der Waals surface area contributed by atoms with Gasteiger partial charge < -0.3 is 15.5 Å². The lowest BCUT2D eigenvalue weighted by Gasteiger charge is -2.21. The molecule has 1 rings (SSSR count). The molecule has 0 radical (unpaired) electrons. The third-order valence-electron chi connectivity index (χ3n) is 1.85. The number of anilines is 3. The Hall–Kier alpha value is -1.59. The fraction of sp³-hybridized carbons (Fsp3) is 0.727. The molecule has 0 fully saturated rings. The quantitative estimate of drug-likeness (QED) is 0.830. The van der Waals surface area contributed by atoms with E-state index in [2.05, 4.69) is 46.4 Å². The number of aromatic nitrogens is 3. The van der Waals surface area contributed by atoms with Crippen molar-refractivity contribution in [2.24, 2.45) is 0 Å². The van der Waals surface area contributed by atoms with E-state index in [1.807, 2.05) is 25.9 Å². The SMILES string of the molecule is CCNc1nc(NC(C)(C)C)nc(N(C)C)n1. The summed E-state index contributed by atoms with van der Waals surface area (Å²) in [5.41, 5.74) is -0.0750. The second kappa shape index (κ2) is 5.16. The molecule has 0 amide bonds. The lowest BCUT2D eigenvalue weighted by molar-refractivity contribution is 0.625. The standard InChI is InChI=1S/C11H22N6/c1-7-12-8-13-9(16-11(2,3)4)15-10(14-8)17(5)6/h7H2,1-6H3,(H2,12,13,14,15,16). The van der Waals surface area contributed by atoms with E-state index in [0.29, 0.717) is 17.8 Å². The van der Waals surface area contributed by atoms with Crippen LogP contribution < -0.4 is 15.5 Å². The first-order valence-electron chi connectivity index (χ1n) is 5.77. The maximum absolute atomic E-state index is 4.35. The Labute approximate surface area is 103 Å². The van der Waals surface area contributed by atoms with Crippen molar-refractivity contribution in [3.63, 3.8) is 0 Å². The van der Waals surface area contributed by atoms with Gasteiger partial charge in [0.2, 0.25) is 17.8 Å². The molecule has 17 heavy (non-hydrogen) atoms. The number of rotatable bonds is 4. The summed E-state index contributed by atoms with van der Waals surface area (Å²) in [6, 6.07) is 0. The van der Waals surface area contributed by atoms with Gasteiger partial charge in [-0.1, -0.05) is 0 Å². The summed E-state index contributed by atoms with van der Waals surface area (Å²) in [5, 5.41) is 6.35. The van der Waals surface area contributed by atoms with Gasteiger partial charge in [0.15, 0.2) is 0 Å². The molecule has 6 heteroatoms. The van der Waals surface area contributed by atoms with E-state index in [9.17, 15) is 0 Å². The van der Waals surface area contributed by atoms with E-state index >= 15 is 0 Å². The van der Waals surface area contributed by atoms with E-state index in [4.69, 9.17) is 0 Å². The van der Waals surface area contributed by atoms with E-state index < -0.39 is 0 Å². The molecule has 0 spiro atoms. The van der Waals surface area contributed by atoms with E-state index in [1.165, 1.54) is 0 Å². The summed E-state index contributed by atoms with van der Waals surface area (Å²) in [6.45, 7) is 9.00. The maximum atomic E-state index is 4.35. The fourth-order valence-electron chi connectivity index (χ4n) is 1.19. The topological polar surface area (TPSA) is 66.0 Å². The minimum atomic E-state index is -0.0750. The van der Waals surface area contributed by atoms with Gasteiger partial charge in [0.05, 0.1) is 0 Å². The van der Waals surface area contributed by atoms with E-state index in [0.717, 1.165) is 6.54 Å². The molecule has 0 aliphatic heterocycles. The van der Waals surface area contributed by atoms with E-state index in [-0.39, 0.29) is 5.54 Å². The maximum Gasteiger partial charge on any atom is 0.231 e. The summed E-state index contributed by atoms with van der Waals surface area (Å²) in [7, 11) is 3.82. The van der Waals surface area contributed by atoms with Crippen molar-refractivity contribution in [3.8, 4) is 0 Å². The zero-order chi connectivity index (χ0) is 13.1. The van der Waals surface area contributed by atoms with Crippen LogP contribution in [0.1, 0.15) is 27.7 Å². The lowest BCUT2D eigenvalue weighted by atomic mass is 10.1. The molecule has 0 bridgehead atoms. The number of hydrogen-bond acceptors (Lipinski definition) is 6. The summed E-state index contributed by atoms with van der Waals surface area (Å²) < 4.78 is 0. The highest BCUT2D eigenvalue weighted by Gasteiger charge is 2.14. The van der Waals surface area contributed by atoms with Gasteiger partial charge in [-0.15, -0.1) is 0 Å². The van der Waals surface area contributed by atoms with Gasteiger partial charge in [0.1, 0.15) is 0 Å². The molecule has 0 aliphatic carbocycles. The van der Waals surface area contributed by atoms with Gasteiger partial charge in [0, 0.05) is 26.2 Å². The average molecular weight is 238 g/mol. The number of nitrogens with zero attached hydrogens (tertiary/aromatic N) is 4. The molecule has 2 N–H and O–H groups in total. The molecule has 96 valence electrons. The molecule has 1 aromatic heterocycles. The first kappa shape index (κ1) is 13.5. The molecular weight excluding hydrogens is 216 g/mol. The van der Waals surface area contributed by atoms with Gasteiger partial charge in [-0.05, 0) is 27.7 Å². The van der Waals surface area contributed by atoms with Crippen molar-refractivity contribution >= 4 is 17.8 Å². The summed E-state index contributed by atoms with van der Waals surface area (Å²) in [6.07, 6.45) is 0. The minimum Gasteiger partial charge on any atom is -0.354 e. The second-order valence-electron chi connectivity index (χ2n) is 5.08. The van der Waals surface area contributed by atoms with Crippen molar-refractivity contribution in [3.05, 3.63) is 0 Å². The van der Waals surface area contributed by atoms with Crippen LogP contribution in [-0.2, 0) is 0 Å². The van der Waals surface area contributed by atoms with Crippen LogP contribution in [0.2, 0.25) is 0 Å². The van der Waals surface area contributed by atoms with Gasteiger partial charge in [-0.2, -0.15) is 15.0 Å². The molecule has 0 saturated carbocycles. The largest absolute Gasteiger partial charge is 0.354 e. The highest BCUT2D eigenvalue weighted by Crippen LogP contribution is 2.15. The van der Waals surface area contributed by atoms with Crippen molar-refractivity contribution in [2.45, 2.75) is 33.2 Å². The highest BCUT2D eigenvalue weighted by atomic mass is 15.3. The minimum absolute atomic E-state index is 0.0750. The smallest absolute Gasteiger partial charge is 0.231 e. The predicted molar refractivity (Wildman–Crippen MR) is 71.7 cm³/mol. The molecule has 1 heterocycles. The highest BCUT2D eigenvalue weighted by molar-refractivity contribution is 5.43. The Morgan fingerprint density at radius 3 is 2.12 bits per heavy atom. The predicted octanol–water partition coefficient (Wildman–Crippen LogP) is 1.58. The number of nitrogens with one attached hydrogen (secondary N) is 2. The zero-order valence-electron chi connectivity index (χ0n) is 11.5. The van der Waals surface area contributed by atoms with Gasteiger partial charge in [-0.3, -0.25) is 0 Å². The Bertz CT molecular complexity index is 369. The third kappa shape index (κ3) is 4.42. The van der Waals surface area contributed by atoms with Crippen LogP contribution in [0.15, 0.2) is 0 Å². The zero-order valence-corrected chi connectivity index (χ0v) is 11.5. The molecule has 0 atom stereocenters. The molecule has 0 aromatic carbocycles. The molecular formula is C11H22N6. The second-order valence-corrected chi connectivity index (χ2v) is 5.08. The van der Waals surface area contributed by atoms with E-state index in [1.54, 1.807) is 0 Å². The first-order valence-corrected chi connectivity index (χ1v) is 5.77. The van der Waals surface area contributed by atoms with Crippen LogP contribution in [0.3, 0.4) is 0 Å². The Morgan fingerprint density at radius 1 is 1.06 bits per heavy atom. The van der Waals surface area contributed by atoms with Crippen LogP contribution in [0.5, 0.6) is 0 Å². The first-order chi connectivity index (χ1) is 7.81. The monoisotopic (exact) mass is 238 g/mol. The summed E-state index contributed by atoms with van der Waals surface area (Å²) in [5.74, 6) is 1.83. The van der Waals surface area contributed by atoms with Gasteiger partial charge >= 0.3 is 0 Å². The average Bonchev–Trinajstić information content (AvgIpc) is 2.14. The fourth-order valence-corrected chi connectivity index (χ4v) is 1.19.